The number of carbonyl (C=O) groups excluding carboxylic acids is 1. The molecule has 1 aromatic heterocycles. The fraction of sp³-hybridized carbons (Fsp3) is 0.174. The van der Waals surface area contributed by atoms with E-state index in [1.807, 2.05) is 19.1 Å². The van der Waals surface area contributed by atoms with Crippen LogP contribution in [0.1, 0.15) is 30.5 Å². The van der Waals surface area contributed by atoms with Crippen LogP contribution >= 0.6 is 0 Å². The number of hydrogen-bond donors (Lipinski definition) is 2. The van der Waals surface area contributed by atoms with Crippen molar-refractivity contribution in [1.82, 2.24) is 9.97 Å². The molecule has 32 heavy (non-hydrogen) atoms. The van der Waals surface area contributed by atoms with Crippen molar-refractivity contribution in [1.29, 1.82) is 5.26 Å². The molecule has 3 aromatic rings. The van der Waals surface area contributed by atoms with E-state index < -0.39 is 11.5 Å². The highest BCUT2D eigenvalue weighted by atomic mass is 16.5. The molecule has 0 radical (unpaired) electrons. The first-order valence-electron chi connectivity index (χ1n) is 9.79. The highest BCUT2D eigenvalue weighted by molar-refractivity contribution is 5.81. The number of rotatable bonds is 8. The maximum absolute atomic E-state index is 12.3. The summed E-state index contributed by atoms with van der Waals surface area (Å²) in [4.78, 5) is 30.3. The quantitative estimate of drug-likeness (QED) is 0.318. The van der Waals surface area contributed by atoms with E-state index in [0.29, 0.717) is 29.0 Å². The first-order valence-corrected chi connectivity index (χ1v) is 9.79. The number of aromatic nitrogens is 2. The summed E-state index contributed by atoms with van der Waals surface area (Å²) in [5.41, 5.74) is 4.35. The van der Waals surface area contributed by atoms with Crippen molar-refractivity contribution in [3.63, 3.8) is 0 Å². The number of H-pyrrole nitrogens is 1. The second-order valence-electron chi connectivity index (χ2n) is 6.57. The topological polar surface area (TPSA) is 129 Å². The average molecular weight is 431 g/mol. The third-order valence-electron chi connectivity index (χ3n) is 4.28. The molecule has 0 spiro atoms. The number of nitriles is 1. The molecule has 162 valence electrons. The van der Waals surface area contributed by atoms with Crippen molar-refractivity contribution in [2.45, 2.75) is 20.5 Å². The minimum absolute atomic E-state index is 0.0741. The summed E-state index contributed by atoms with van der Waals surface area (Å²) >= 11 is 0. The van der Waals surface area contributed by atoms with Gasteiger partial charge in [0.1, 0.15) is 24.0 Å². The second-order valence-corrected chi connectivity index (χ2v) is 6.57. The lowest BCUT2D eigenvalue weighted by molar-refractivity contribution is -0.142. The third-order valence-corrected chi connectivity index (χ3v) is 4.28. The molecule has 0 bridgehead atoms. The number of hydrogen-bond acceptors (Lipinski definition) is 8. The Hall–Kier alpha value is -4.45. The molecule has 0 atom stereocenters. The van der Waals surface area contributed by atoms with Crippen molar-refractivity contribution in [3.05, 3.63) is 75.6 Å². The van der Waals surface area contributed by atoms with Crippen LogP contribution in [-0.2, 0) is 16.1 Å². The van der Waals surface area contributed by atoms with Gasteiger partial charge in [-0.05, 0) is 30.7 Å². The fourth-order valence-corrected chi connectivity index (χ4v) is 2.87. The van der Waals surface area contributed by atoms with E-state index in [4.69, 9.17) is 9.47 Å². The summed E-state index contributed by atoms with van der Waals surface area (Å²) in [6, 6.07) is 16.2. The fourth-order valence-electron chi connectivity index (χ4n) is 2.87. The van der Waals surface area contributed by atoms with Crippen LogP contribution < -0.4 is 15.7 Å². The molecule has 0 amide bonds. The Morgan fingerprint density at radius 3 is 2.75 bits per heavy atom. The zero-order chi connectivity index (χ0) is 22.9. The molecule has 0 fully saturated rings. The Morgan fingerprint density at radius 2 is 2.06 bits per heavy atom. The number of ether oxygens (including phenoxy) is 2. The van der Waals surface area contributed by atoms with Crippen LogP contribution in [0.15, 0.2) is 58.4 Å². The minimum atomic E-state index is -0.566. The molecule has 0 aliphatic heterocycles. The summed E-state index contributed by atoms with van der Waals surface area (Å²) < 4.78 is 10.6. The van der Waals surface area contributed by atoms with Crippen LogP contribution in [0.25, 0.3) is 11.3 Å². The van der Waals surface area contributed by atoms with E-state index in [-0.39, 0.29) is 23.8 Å². The van der Waals surface area contributed by atoms with Gasteiger partial charge in [0.2, 0.25) is 5.95 Å². The van der Waals surface area contributed by atoms with Crippen LogP contribution in [0.4, 0.5) is 5.95 Å². The Kier molecular flexibility index (Phi) is 7.33. The Balaban J connectivity index is 1.83. The average Bonchev–Trinajstić information content (AvgIpc) is 2.79. The van der Waals surface area contributed by atoms with Crippen LogP contribution in [-0.4, -0.2) is 28.8 Å². The Labute approximate surface area is 184 Å². The molecular weight excluding hydrogens is 410 g/mol. The first-order chi connectivity index (χ1) is 15.5. The van der Waals surface area contributed by atoms with Gasteiger partial charge in [0.25, 0.3) is 5.56 Å². The molecule has 2 N–H and O–H groups in total. The monoisotopic (exact) mass is 431 g/mol. The number of esters is 1. The summed E-state index contributed by atoms with van der Waals surface area (Å²) in [5, 5.41) is 13.5. The second kappa shape index (κ2) is 10.5. The summed E-state index contributed by atoms with van der Waals surface area (Å²) in [6.07, 6.45) is 1.52. The van der Waals surface area contributed by atoms with Gasteiger partial charge in [0.05, 0.1) is 18.5 Å². The van der Waals surface area contributed by atoms with Gasteiger partial charge in [0, 0.05) is 18.1 Å². The molecule has 0 saturated carbocycles. The molecule has 9 nitrogen and oxygen atoms in total. The largest absolute Gasteiger partial charge is 0.493 e. The number of carbonyl (C=O) groups is 1. The number of aromatic amines is 1. The third kappa shape index (κ3) is 5.58. The van der Waals surface area contributed by atoms with Crippen molar-refractivity contribution < 1.29 is 14.3 Å². The zero-order valence-corrected chi connectivity index (χ0v) is 17.6. The van der Waals surface area contributed by atoms with Crippen LogP contribution in [0.3, 0.4) is 0 Å². The molecule has 2 aromatic carbocycles. The lowest BCUT2D eigenvalue weighted by atomic mass is 10.1. The van der Waals surface area contributed by atoms with Crippen molar-refractivity contribution in [2.75, 3.05) is 12.0 Å². The van der Waals surface area contributed by atoms with Crippen molar-refractivity contribution in [2.24, 2.45) is 5.10 Å². The van der Waals surface area contributed by atoms with E-state index in [2.05, 4.69) is 20.5 Å². The molecule has 0 aliphatic carbocycles. The van der Waals surface area contributed by atoms with Gasteiger partial charge in [0.15, 0.2) is 0 Å². The predicted octanol–water partition coefficient (Wildman–Crippen LogP) is 3.22. The minimum Gasteiger partial charge on any atom is -0.493 e. The van der Waals surface area contributed by atoms with Gasteiger partial charge in [-0.1, -0.05) is 30.3 Å². The number of anilines is 1. The lowest BCUT2D eigenvalue weighted by Gasteiger charge is -2.11. The van der Waals surface area contributed by atoms with Crippen LogP contribution in [0.2, 0.25) is 0 Å². The van der Waals surface area contributed by atoms with E-state index >= 15 is 0 Å². The SMILES string of the molecule is CCOc1ccc(C=NNc2nc(-c3ccccc3)c(C#N)c(=O)[nH]2)cc1COC(C)=O. The maximum atomic E-state index is 12.3. The maximum Gasteiger partial charge on any atom is 0.302 e. The highest BCUT2D eigenvalue weighted by Crippen LogP contribution is 2.21. The summed E-state index contributed by atoms with van der Waals surface area (Å²) in [5.74, 6) is 0.317. The first kappa shape index (κ1) is 22.2. The van der Waals surface area contributed by atoms with Crippen LogP contribution in [0, 0.1) is 11.3 Å². The van der Waals surface area contributed by atoms with Crippen molar-refractivity contribution >= 4 is 18.1 Å². The van der Waals surface area contributed by atoms with Gasteiger partial charge >= 0.3 is 5.97 Å². The summed E-state index contributed by atoms with van der Waals surface area (Å²) in [6.45, 7) is 3.75. The number of nitrogens with one attached hydrogen (secondary N) is 2. The van der Waals surface area contributed by atoms with Gasteiger partial charge in [-0.25, -0.2) is 10.4 Å². The van der Waals surface area contributed by atoms with Crippen LogP contribution in [0.5, 0.6) is 5.75 Å². The number of nitrogens with zero attached hydrogens (tertiary/aromatic N) is 3. The normalized spacial score (nSPS) is 10.5. The molecule has 9 heteroatoms. The van der Waals surface area contributed by atoms with Gasteiger partial charge in [-0.15, -0.1) is 0 Å². The number of benzene rings is 2. The Bertz CT molecular complexity index is 1230. The van der Waals surface area contributed by atoms with Gasteiger partial charge in [-0.3, -0.25) is 14.6 Å². The molecule has 3 rings (SSSR count). The van der Waals surface area contributed by atoms with Gasteiger partial charge < -0.3 is 9.47 Å². The van der Waals surface area contributed by atoms with E-state index in [1.165, 1.54) is 13.1 Å². The lowest BCUT2D eigenvalue weighted by Crippen LogP contribution is -2.16. The van der Waals surface area contributed by atoms with Crippen molar-refractivity contribution in [3.8, 4) is 23.1 Å². The van der Waals surface area contributed by atoms with E-state index in [9.17, 15) is 14.9 Å². The highest BCUT2D eigenvalue weighted by Gasteiger charge is 2.13. The molecule has 0 aliphatic rings. The Morgan fingerprint density at radius 1 is 1.28 bits per heavy atom. The number of hydrazone groups is 1. The van der Waals surface area contributed by atoms with E-state index in [0.717, 1.165) is 0 Å². The molecule has 0 unspecified atom stereocenters. The zero-order valence-electron chi connectivity index (χ0n) is 17.6. The van der Waals surface area contributed by atoms with E-state index in [1.54, 1.807) is 42.5 Å². The predicted molar refractivity (Wildman–Crippen MR) is 119 cm³/mol. The smallest absolute Gasteiger partial charge is 0.302 e. The standard InChI is InChI=1S/C23H21N5O4/c1-3-31-20-10-9-16(11-18(20)14-32-15(2)29)13-25-28-23-26-21(17-7-5-4-6-8-17)19(12-24)22(30)27-23/h4-11,13H,3,14H2,1-2H3,(H2,26,27,28,30). The summed E-state index contributed by atoms with van der Waals surface area (Å²) in [7, 11) is 0. The molecule has 0 saturated heterocycles. The molecule has 1 heterocycles. The molecular formula is C23H21N5O4. The van der Waals surface area contributed by atoms with Gasteiger partial charge in [-0.2, -0.15) is 10.4 Å².